The van der Waals surface area contributed by atoms with Gasteiger partial charge in [0.05, 0.1) is 22.1 Å². The number of aromatic nitrogens is 3. The molecule has 0 amide bonds. The SMILES string of the molecule is N#C[C@H](C(=O)c1cc(-c2ccccc2Cl)on1)c1nc2ccccc2[nH]1. The average molecular weight is 363 g/mol. The van der Waals surface area contributed by atoms with Crippen LogP contribution < -0.4 is 0 Å². The average Bonchev–Trinajstić information content (AvgIpc) is 3.29. The Morgan fingerprint density at radius 2 is 1.96 bits per heavy atom. The van der Waals surface area contributed by atoms with Gasteiger partial charge >= 0.3 is 0 Å². The molecule has 4 aromatic rings. The molecule has 0 bridgehead atoms. The van der Waals surface area contributed by atoms with E-state index in [1.807, 2.05) is 24.3 Å². The molecule has 2 aromatic heterocycles. The van der Waals surface area contributed by atoms with E-state index in [2.05, 4.69) is 15.1 Å². The third-order valence-corrected chi connectivity index (χ3v) is 4.30. The molecular weight excluding hydrogens is 352 g/mol. The van der Waals surface area contributed by atoms with Crippen molar-refractivity contribution in [2.24, 2.45) is 0 Å². The van der Waals surface area contributed by atoms with Gasteiger partial charge in [0.25, 0.3) is 0 Å². The molecule has 0 radical (unpaired) electrons. The summed E-state index contributed by atoms with van der Waals surface area (Å²) in [6.45, 7) is 0. The van der Waals surface area contributed by atoms with Crippen LogP contribution in [0.25, 0.3) is 22.4 Å². The zero-order chi connectivity index (χ0) is 18.1. The molecule has 0 aliphatic heterocycles. The molecule has 0 aliphatic carbocycles. The predicted molar refractivity (Wildman–Crippen MR) is 95.7 cm³/mol. The normalized spacial score (nSPS) is 12.0. The number of aromatic amines is 1. The largest absolute Gasteiger partial charge is 0.356 e. The number of benzene rings is 2. The summed E-state index contributed by atoms with van der Waals surface area (Å²) in [4.78, 5) is 20.1. The fourth-order valence-corrected chi connectivity index (χ4v) is 2.91. The Labute approximate surface area is 153 Å². The van der Waals surface area contributed by atoms with Gasteiger partial charge in [-0.3, -0.25) is 4.79 Å². The van der Waals surface area contributed by atoms with Crippen LogP contribution in [0.3, 0.4) is 0 Å². The van der Waals surface area contributed by atoms with Gasteiger partial charge in [-0.05, 0) is 24.3 Å². The first-order chi connectivity index (χ1) is 12.7. The maximum absolute atomic E-state index is 12.7. The standard InChI is InChI=1S/C19H11ClN4O2/c20-13-6-2-1-5-11(13)17-9-16(24-26-17)18(25)12(10-21)19-22-14-7-3-4-8-15(14)23-19/h1-9,12H,(H,22,23)/t12-/m1/s1. The second-order valence-electron chi connectivity index (χ2n) is 5.62. The number of halogens is 1. The van der Waals surface area contributed by atoms with E-state index in [0.29, 0.717) is 21.9 Å². The molecule has 0 aliphatic rings. The summed E-state index contributed by atoms with van der Waals surface area (Å²) in [5, 5.41) is 13.8. The van der Waals surface area contributed by atoms with Crippen LogP contribution in [0.15, 0.2) is 59.1 Å². The van der Waals surface area contributed by atoms with E-state index >= 15 is 0 Å². The van der Waals surface area contributed by atoms with Gasteiger partial charge in [0.2, 0.25) is 5.78 Å². The molecule has 0 unspecified atom stereocenters. The molecule has 7 heteroatoms. The molecule has 1 atom stereocenters. The molecule has 2 aromatic carbocycles. The van der Waals surface area contributed by atoms with Crippen molar-refractivity contribution in [3.63, 3.8) is 0 Å². The maximum atomic E-state index is 12.7. The second-order valence-corrected chi connectivity index (χ2v) is 6.03. The monoisotopic (exact) mass is 362 g/mol. The van der Waals surface area contributed by atoms with Crippen LogP contribution in [0, 0.1) is 11.3 Å². The molecular formula is C19H11ClN4O2. The lowest BCUT2D eigenvalue weighted by molar-refractivity contribution is 0.0968. The number of ketones is 1. The summed E-state index contributed by atoms with van der Waals surface area (Å²) in [6, 6.07) is 17.9. The van der Waals surface area contributed by atoms with E-state index in [1.54, 1.807) is 30.3 Å². The first-order valence-corrected chi connectivity index (χ1v) is 8.15. The Morgan fingerprint density at radius 1 is 1.19 bits per heavy atom. The van der Waals surface area contributed by atoms with Crippen LogP contribution in [-0.4, -0.2) is 20.9 Å². The lowest BCUT2D eigenvalue weighted by atomic mass is 10.0. The van der Waals surface area contributed by atoms with Crippen LogP contribution >= 0.6 is 11.6 Å². The first kappa shape index (κ1) is 16.1. The minimum Gasteiger partial charge on any atom is -0.356 e. The van der Waals surface area contributed by atoms with Crippen LogP contribution in [0.5, 0.6) is 0 Å². The van der Waals surface area contributed by atoms with Crippen molar-refractivity contribution in [3.8, 4) is 17.4 Å². The quantitative estimate of drug-likeness (QED) is 0.544. The highest BCUT2D eigenvalue weighted by atomic mass is 35.5. The third-order valence-electron chi connectivity index (χ3n) is 3.97. The molecule has 0 saturated heterocycles. The summed E-state index contributed by atoms with van der Waals surface area (Å²) in [5.74, 6) is -0.957. The number of Topliss-reactive ketones (excluding diaryl/α,β-unsaturated/α-hetero) is 1. The highest BCUT2D eigenvalue weighted by Crippen LogP contribution is 2.29. The molecule has 1 N–H and O–H groups in total. The smallest absolute Gasteiger partial charge is 0.209 e. The number of nitrogens with one attached hydrogen (secondary N) is 1. The molecule has 126 valence electrons. The summed E-state index contributed by atoms with van der Waals surface area (Å²) in [7, 11) is 0. The number of hydrogen-bond donors (Lipinski definition) is 1. The van der Waals surface area contributed by atoms with E-state index in [1.165, 1.54) is 6.07 Å². The summed E-state index contributed by atoms with van der Waals surface area (Å²) >= 11 is 6.14. The maximum Gasteiger partial charge on any atom is 0.209 e. The van der Waals surface area contributed by atoms with Gasteiger partial charge in [-0.1, -0.05) is 41.0 Å². The topological polar surface area (TPSA) is 95.6 Å². The van der Waals surface area contributed by atoms with Crippen molar-refractivity contribution < 1.29 is 9.32 Å². The van der Waals surface area contributed by atoms with Crippen LogP contribution in [-0.2, 0) is 0 Å². The molecule has 0 saturated carbocycles. The zero-order valence-electron chi connectivity index (χ0n) is 13.3. The highest BCUT2D eigenvalue weighted by molar-refractivity contribution is 6.33. The molecule has 0 spiro atoms. The van der Waals surface area contributed by atoms with Gasteiger partial charge in [0.1, 0.15) is 5.82 Å². The minimum absolute atomic E-state index is 0.0481. The second kappa shape index (κ2) is 6.47. The predicted octanol–water partition coefficient (Wildman–Crippen LogP) is 4.36. The molecule has 26 heavy (non-hydrogen) atoms. The van der Waals surface area contributed by atoms with Crippen molar-refractivity contribution in [1.82, 2.24) is 15.1 Å². The minimum atomic E-state index is -1.11. The highest BCUT2D eigenvalue weighted by Gasteiger charge is 2.28. The van der Waals surface area contributed by atoms with Crippen LogP contribution in [0.1, 0.15) is 22.2 Å². The number of nitrogens with zero attached hydrogens (tertiary/aromatic N) is 3. The lowest BCUT2D eigenvalue weighted by Gasteiger charge is -2.01. The number of hydrogen-bond acceptors (Lipinski definition) is 5. The third kappa shape index (κ3) is 2.75. The van der Waals surface area contributed by atoms with Crippen molar-refractivity contribution in [1.29, 1.82) is 5.26 Å². The zero-order valence-corrected chi connectivity index (χ0v) is 14.1. The molecule has 6 nitrogen and oxygen atoms in total. The molecule has 0 fully saturated rings. The van der Waals surface area contributed by atoms with Gasteiger partial charge in [-0.15, -0.1) is 0 Å². The van der Waals surface area contributed by atoms with Crippen LogP contribution in [0.2, 0.25) is 5.02 Å². The number of rotatable bonds is 4. The Bertz CT molecular complexity index is 1120. The van der Waals surface area contributed by atoms with Crippen molar-refractivity contribution >= 4 is 28.4 Å². The molecule has 4 rings (SSSR count). The van der Waals surface area contributed by atoms with Crippen molar-refractivity contribution in [3.05, 3.63) is 71.1 Å². The number of H-pyrrole nitrogens is 1. The number of nitriles is 1. The van der Waals surface area contributed by atoms with Crippen LogP contribution in [0.4, 0.5) is 0 Å². The summed E-state index contributed by atoms with van der Waals surface area (Å²) in [5.41, 5.74) is 2.12. The summed E-state index contributed by atoms with van der Waals surface area (Å²) < 4.78 is 5.25. The summed E-state index contributed by atoms with van der Waals surface area (Å²) in [6.07, 6.45) is 0. The van der Waals surface area contributed by atoms with Gasteiger partial charge in [0.15, 0.2) is 17.4 Å². The van der Waals surface area contributed by atoms with Gasteiger partial charge in [-0.25, -0.2) is 4.98 Å². The van der Waals surface area contributed by atoms with E-state index in [9.17, 15) is 10.1 Å². The van der Waals surface area contributed by atoms with Gasteiger partial charge < -0.3 is 9.51 Å². The Hall–Kier alpha value is -3.43. The van der Waals surface area contributed by atoms with E-state index in [4.69, 9.17) is 16.1 Å². The Kier molecular flexibility index (Phi) is 3.99. The van der Waals surface area contributed by atoms with Crippen molar-refractivity contribution in [2.75, 3.05) is 0 Å². The number of carbonyl (C=O) groups is 1. The fourth-order valence-electron chi connectivity index (χ4n) is 2.68. The van der Waals surface area contributed by atoms with Gasteiger partial charge in [-0.2, -0.15) is 5.26 Å². The number of fused-ring (bicyclic) bond motifs is 1. The van der Waals surface area contributed by atoms with Gasteiger partial charge in [0, 0.05) is 11.6 Å². The lowest BCUT2D eigenvalue weighted by Crippen LogP contribution is -2.13. The fraction of sp³-hybridized carbons (Fsp3) is 0.0526. The Morgan fingerprint density at radius 3 is 2.73 bits per heavy atom. The molecule has 2 heterocycles. The van der Waals surface area contributed by atoms with E-state index in [0.717, 1.165) is 5.52 Å². The van der Waals surface area contributed by atoms with Crippen molar-refractivity contribution in [2.45, 2.75) is 5.92 Å². The Balaban J connectivity index is 1.68. The number of imidazole rings is 1. The van der Waals surface area contributed by atoms with E-state index < -0.39 is 11.7 Å². The number of carbonyl (C=O) groups excluding carboxylic acids is 1. The number of para-hydroxylation sites is 2. The first-order valence-electron chi connectivity index (χ1n) is 7.77. The van der Waals surface area contributed by atoms with E-state index in [-0.39, 0.29) is 11.5 Å².